The van der Waals surface area contributed by atoms with E-state index in [0.717, 1.165) is 52.2 Å². The van der Waals surface area contributed by atoms with Crippen molar-refractivity contribution in [2.75, 3.05) is 52.9 Å². The first-order chi connectivity index (χ1) is 7.59. The zero-order valence-electron chi connectivity index (χ0n) is 11.0. The molecule has 4 heteroatoms. The monoisotopic (exact) mass is 229 g/mol. The summed E-state index contributed by atoms with van der Waals surface area (Å²) in [5.74, 6) is 0. The van der Waals surface area contributed by atoms with Gasteiger partial charge in [0, 0.05) is 26.2 Å². The highest BCUT2D eigenvalue weighted by Crippen LogP contribution is 2.14. The number of likely N-dealkylation sites (N-methyl/N-ethyl adjacent to an activating group) is 2. The van der Waals surface area contributed by atoms with Gasteiger partial charge in [0.15, 0.2) is 0 Å². The fourth-order valence-corrected chi connectivity index (χ4v) is 2.30. The molecule has 1 rings (SSSR count). The number of nitrogens with zero attached hydrogens (tertiary/aromatic N) is 2. The van der Waals surface area contributed by atoms with E-state index < -0.39 is 5.60 Å². The molecule has 0 bridgehead atoms. The van der Waals surface area contributed by atoms with E-state index in [-0.39, 0.29) is 0 Å². The van der Waals surface area contributed by atoms with Crippen molar-refractivity contribution in [3.8, 4) is 0 Å². The third-order valence-electron chi connectivity index (χ3n) is 3.48. The lowest BCUT2D eigenvalue weighted by Crippen LogP contribution is -2.45. The average Bonchev–Trinajstić information content (AvgIpc) is 2.66. The fourth-order valence-electron chi connectivity index (χ4n) is 2.30. The Balaban J connectivity index is 2.22. The largest absolute Gasteiger partial charge is 0.387 e. The van der Waals surface area contributed by atoms with E-state index in [1.54, 1.807) is 0 Å². The summed E-state index contributed by atoms with van der Waals surface area (Å²) in [5.41, 5.74) is -0.502. The van der Waals surface area contributed by atoms with Gasteiger partial charge in [0.25, 0.3) is 0 Å². The Hall–Kier alpha value is -0.160. The highest BCUT2D eigenvalue weighted by atomic mass is 16.3. The molecule has 0 saturated carbocycles. The molecule has 1 atom stereocenters. The third kappa shape index (κ3) is 4.37. The van der Waals surface area contributed by atoms with Crippen molar-refractivity contribution < 1.29 is 5.11 Å². The van der Waals surface area contributed by atoms with Crippen LogP contribution in [0.1, 0.15) is 20.3 Å². The molecule has 0 radical (unpaired) electrons. The van der Waals surface area contributed by atoms with Crippen LogP contribution >= 0.6 is 0 Å². The third-order valence-corrected chi connectivity index (χ3v) is 3.48. The second kappa shape index (κ2) is 6.55. The number of rotatable bonds is 7. The minimum atomic E-state index is -0.502. The normalized spacial score (nSPS) is 25.9. The van der Waals surface area contributed by atoms with Crippen LogP contribution in [-0.4, -0.2) is 73.4 Å². The van der Waals surface area contributed by atoms with Crippen molar-refractivity contribution in [2.24, 2.45) is 0 Å². The molecule has 0 aliphatic carbocycles. The minimum Gasteiger partial charge on any atom is -0.387 e. The summed E-state index contributed by atoms with van der Waals surface area (Å²) in [6.07, 6.45) is 0.878. The quantitative estimate of drug-likeness (QED) is 0.644. The smallest absolute Gasteiger partial charge is 0.0909 e. The van der Waals surface area contributed by atoms with Gasteiger partial charge in [-0.25, -0.2) is 0 Å². The van der Waals surface area contributed by atoms with Crippen molar-refractivity contribution in [2.45, 2.75) is 25.9 Å². The zero-order valence-corrected chi connectivity index (χ0v) is 11.0. The second-order valence-corrected chi connectivity index (χ2v) is 4.92. The van der Waals surface area contributed by atoms with Crippen LogP contribution in [0.15, 0.2) is 0 Å². The summed E-state index contributed by atoms with van der Waals surface area (Å²) in [4.78, 5) is 4.65. The van der Waals surface area contributed by atoms with Crippen LogP contribution in [0, 0.1) is 0 Å². The lowest BCUT2D eigenvalue weighted by molar-refractivity contribution is 0.0263. The van der Waals surface area contributed by atoms with Gasteiger partial charge in [-0.3, -0.25) is 0 Å². The van der Waals surface area contributed by atoms with Crippen molar-refractivity contribution in [1.82, 2.24) is 15.1 Å². The molecule has 4 nitrogen and oxygen atoms in total. The minimum absolute atomic E-state index is 0.502. The number of aliphatic hydroxyl groups is 1. The van der Waals surface area contributed by atoms with E-state index in [1.165, 1.54) is 0 Å². The average molecular weight is 229 g/mol. The van der Waals surface area contributed by atoms with Crippen molar-refractivity contribution in [3.05, 3.63) is 0 Å². The molecule has 1 fully saturated rings. The molecule has 1 aliphatic heterocycles. The van der Waals surface area contributed by atoms with Gasteiger partial charge in [-0.05, 0) is 33.1 Å². The van der Waals surface area contributed by atoms with E-state index in [4.69, 9.17) is 0 Å². The number of hydrogen-bond donors (Lipinski definition) is 2. The van der Waals surface area contributed by atoms with E-state index in [0.29, 0.717) is 0 Å². The van der Waals surface area contributed by atoms with Crippen molar-refractivity contribution in [1.29, 1.82) is 0 Å². The van der Waals surface area contributed by atoms with Crippen LogP contribution in [0.4, 0.5) is 0 Å². The summed E-state index contributed by atoms with van der Waals surface area (Å²) in [6, 6.07) is 0. The molecular weight excluding hydrogens is 202 g/mol. The van der Waals surface area contributed by atoms with E-state index in [2.05, 4.69) is 36.0 Å². The molecule has 0 spiro atoms. The van der Waals surface area contributed by atoms with E-state index in [9.17, 15) is 5.11 Å². The molecular formula is C12H27N3O. The van der Waals surface area contributed by atoms with Crippen molar-refractivity contribution >= 4 is 0 Å². The van der Waals surface area contributed by atoms with Crippen LogP contribution in [0.5, 0.6) is 0 Å². The van der Waals surface area contributed by atoms with Crippen LogP contribution in [0.25, 0.3) is 0 Å². The summed E-state index contributed by atoms with van der Waals surface area (Å²) < 4.78 is 0. The highest BCUT2D eigenvalue weighted by molar-refractivity contribution is 4.90. The van der Waals surface area contributed by atoms with Crippen LogP contribution in [-0.2, 0) is 0 Å². The summed E-state index contributed by atoms with van der Waals surface area (Å²) >= 11 is 0. The Morgan fingerprint density at radius 2 is 1.94 bits per heavy atom. The van der Waals surface area contributed by atoms with Gasteiger partial charge in [-0.15, -0.1) is 0 Å². The molecule has 0 amide bonds. The molecule has 2 N–H and O–H groups in total. The van der Waals surface area contributed by atoms with Crippen LogP contribution in [0.3, 0.4) is 0 Å². The summed E-state index contributed by atoms with van der Waals surface area (Å²) in [6.45, 7) is 11.2. The lowest BCUT2D eigenvalue weighted by atomic mass is 10.0. The Kier molecular flexibility index (Phi) is 5.69. The van der Waals surface area contributed by atoms with E-state index in [1.807, 2.05) is 0 Å². The Morgan fingerprint density at radius 3 is 2.44 bits per heavy atom. The first-order valence-corrected chi connectivity index (χ1v) is 6.43. The molecule has 1 heterocycles. The van der Waals surface area contributed by atoms with E-state index >= 15 is 0 Å². The topological polar surface area (TPSA) is 38.7 Å². The van der Waals surface area contributed by atoms with Gasteiger partial charge in [0.2, 0.25) is 0 Å². The molecule has 16 heavy (non-hydrogen) atoms. The molecule has 0 aromatic heterocycles. The van der Waals surface area contributed by atoms with Gasteiger partial charge in [-0.1, -0.05) is 13.8 Å². The maximum atomic E-state index is 10.2. The number of hydrogen-bond acceptors (Lipinski definition) is 4. The van der Waals surface area contributed by atoms with Crippen LogP contribution in [0.2, 0.25) is 0 Å². The summed E-state index contributed by atoms with van der Waals surface area (Å²) in [5, 5.41) is 13.4. The van der Waals surface area contributed by atoms with Gasteiger partial charge in [0.05, 0.1) is 5.60 Å². The first-order valence-electron chi connectivity index (χ1n) is 6.43. The highest BCUT2D eigenvalue weighted by Gasteiger charge is 2.31. The van der Waals surface area contributed by atoms with Gasteiger partial charge in [0.1, 0.15) is 0 Å². The van der Waals surface area contributed by atoms with Crippen molar-refractivity contribution in [3.63, 3.8) is 0 Å². The Bertz CT molecular complexity index is 189. The van der Waals surface area contributed by atoms with Crippen LogP contribution < -0.4 is 5.32 Å². The Labute approximate surface area is 99.6 Å². The van der Waals surface area contributed by atoms with Gasteiger partial charge < -0.3 is 20.2 Å². The molecule has 96 valence electrons. The fraction of sp³-hybridized carbons (Fsp3) is 1.00. The maximum absolute atomic E-state index is 10.2. The molecule has 1 saturated heterocycles. The lowest BCUT2D eigenvalue weighted by Gasteiger charge is -2.29. The number of nitrogens with one attached hydrogen (secondary N) is 1. The predicted molar refractivity (Wildman–Crippen MR) is 67.7 cm³/mol. The first kappa shape index (κ1) is 13.9. The maximum Gasteiger partial charge on any atom is 0.0909 e. The SMILES string of the molecule is CCN(CC)CCN(C)CC1(O)CCNC1. The predicted octanol–water partition coefficient (Wildman–Crippen LogP) is -0.0156. The standard InChI is InChI=1S/C12H27N3O/c1-4-15(5-2)9-8-14(3)11-12(16)6-7-13-10-12/h13,16H,4-11H2,1-3H3. The molecule has 1 unspecified atom stereocenters. The Morgan fingerprint density at radius 1 is 1.25 bits per heavy atom. The van der Waals surface area contributed by atoms with Gasteiger partial charge >= 0.3 is 0 Å². The summed E-state index contributed by atoms with van der Waals surface area (Å²) in [7, 11) is 2.10. The second-order valence-electron chi connectivity index (χ2n) is 4.92. The molecule has 1 aliphatic rings. The van der Waals surface area contributed by atoms with Gasteiger partial charge in [-0.2, -0.15) is 0 Å². The number of β-amino-alcohol motifs (C(OH)–C–C–N with tert-alkyl or cyclic N) is 1. The zero-order chi connectivity index (χ0) is 12.0. The molecule has 0 aromatic rings. The molecule has 0 aromatic carbocycles.